The third kappa shape index (κ3) is 4.30. The van der Waals surface area contributed by atoms with Gasteiger partial charge in [0.05, 0.1) is 6.61 Å². The van der Waals surface area contributed by atoms with E-state index in [1.807, 2.05) is 0 Å². The van der Waals surface area contributed by atoms with Crippen molar-refractivity contribution in [2.75, 3.05) is 33.3 Å². The zero-order valence-electron chi connectivity index (χ0n) is 13.1. The number of hydrogen-bond donors (Lipinski definition) is 1. The van der Waals surface area contributed by atoms with E-state index in [-0.39, 0.29) is 6.61 Å². The second-order valence-corrected chi connectivity index (χ2v) is 6.22. The highest BCUT2D eigenvalue weighted by Crippen LogP contribution is 2.19. The zero-order valence-corrected chi connectivity index (χ0v) is 13.1. The molecule has 0 spiro atoms. The smallest absolute Gasteiger partial charge is 0.0558 e. The Balaban J connectivity index is 2.04. The van der Waals surface area contributed by atoms with Crippen LogP contribution in [0.2, 0.25) is 0 Å². The molecular formula is C17H28N2O. The second-order valence-electron chi connectivity index (χ2n) is 6.22. The predicted octanol–water partition coefficient (Wildman–Crippen LogP) is 2.19. The maximum absolute atomic E-state index is 9.35. The normalized spacial score (nSPS) is 17.9. The van der Waals surface area contributed by atoms with Gasteiger partial charge in [-0.25, -0.2) is 0 Å². The molecular weight excluding hydrogens is 248 g/mol. The number of benzene rings is 1. The number of aliphatic hydroxyl groups is 1. The lowest BCUT2D eigenvalue weighted by Gasteiger charge is -2.37. The van der Waals surface area contributed by atoms with Crippen molar-refractivity contribution in [3.8, 4) is 0 Å². The van der Waals surface area contributed by atoms with E-state index >= 15 is 0 Å². The first kappa shape index (κ1) is 15.5. The largest absolute Gasteiger partial charge is 0.395 e. The molecule has 1 heterocycles. The summed E-state index contributed by atoms with van der Waals surface area (Å²) in [7, 11) is 2.19. The lowest BCUT2D eigenvalue weighted by Crippen LogP contribution is -2.44. The van der Waals surface area contributed by atoms with Crippen molar-refractivity contribution in [3.63, 3.8) is 0 Å². The summed E-state index contributed by atoms with van der Waals surface area (Å²) in [6.45, 7) is 8.62. The molecule has 0 atom stereocenters. The Morgan fingerprint density at radius 2 is 1.75 bits per heavy atom. The van der Waals surface area contributed by atoms with Gasteiger partial charge in [-0.2, -0.15) is 0 Å². The van der Waals surface area contributed by atoms with Crippen LogP contribution in [0.5, 0.6) is 0 Å². The monoisotopic (exact) mass is 276 g/mol. The van der Waals surface area contributed by atoms with Gasteiger partial charge in [0.15, 0.2) is 0 Å². The molecule has 1 aliphatic rings. The minimum Gasteiger partial charge on any atom is -0.395 e. The fourth-order valence-corrected chi connectivity index (χ4v) is 3.27. The highest BCUT2D eigenvalue weighted by Gasteiger charge is 2.22. The number of rotatable bonds is 5. The highest BCUT2D eigenvalue weighted by molar-refractivity contribution is 5.28. The fourth-order valence-electron chi connectivity index (χ4n) is 3.27. The van der Waals surface area contributed by atoms with Crippen molar-refractivity contribution in [3.05, 3.63) is 34.9 Å². The van der Waals surface area contributed by atoms with E-state index in [0.29, 0.717) is 6.04 Å². The summed E-state index contributed by atoms with van der Waals surface area (Å²) in [6, 6.07) is 7.37. The number of aliphatic hydroxyl groups excluding tert-OH is 1. The minimum atomic E-state index is 0.247. The summed E-state index contributed by atoms with van der Waals surface area (Å²) in [5.41, 5.74) is 4.02. The van der Waals surface area contributed by atoms with Crippen LogP contribution < -0.4 is 0 Å². The first-order valence-electron chi connectivity index (χ1n) is 7.69. The summed E-state index contributed by atoms with van der Waals surface area (Å²) >= 11 is 0. The average molecular weight is 276 g/mol. The molecule has 112 valence electrons. The Morgan fingerprint density at radius 1 is 1.15 bits per heavy atom. The molecule has 0 amide bonds. The van der Waals surface area contributed by atoms with Gasteiger partial charge in [-0.1, -0.05) is 29.3 Å². The fraction of sp³-hybridized carbons (Fsp3) is 0.647. The molecule has 20 heavy (non-hydrogen) atoms. The molecule has 1 aromatic rings. The van der Waals surface area contributed by atoms with Gasteiger partial charge in [-0.3, -0.25) is 4.90 Å². The number of piperidine rings is 1. The first-order valence-corrected chi connectivity index (χ1v) is 7.69. The lowest BCUT2D eigenvalue weighted by atomic mass is 10.0. The maximum Gasteiger partial charge on any atom is 0.0558 e. The van der Waals surface area contributed by atoms with Crippen LogP contribution in [-0.4, -0.2) is 54.2 Å². The Bertz CT molecular complexity index is 405. The van der Waals surface area contributed by atoms with E-state index in [0.717, 1.165) is 13.1 Å². The first-order chi connectivity index (χ1) is 9.58. The van der Waals surface area contributed by atoms with E-state index in [4.69, 9.17) is 0 Å². The molecule has 0 aromatic heterocycles. The number of nitrogens with zero attached hydrogens (tertiary/aromatic N) is 2. The summed E-state index contributed by atoms with van der Waals surface area (Å²) in [6.07, 6.45) is 2.42. The Kier molecular flexibility index (Phi) is 5.58. The van der Waals surface area contributed by atoms with Crippen LogP contribution in [0.1, 0.15) is 29.5 Å². The van der Waals surface area contributed by atoms with E-state index in [1.165, 1.54) is 42.6 Å². The van der Waals surface area contributed by atoms with Crippen LogP contribution in [0.3, 0.4) is 0 Å². The molecule has 3 nitrogen and oxygen atoms in total. The van der Waals surface area contributed by atoms with E-state index in [1.54, 1.807) is 0 Å². The van der Waals surface area contributed by atoms with Crippen LogP contribution in [0.4, 0.5) is 0 Å². The number of likely N-dealkylation sites (tertiary alicyclic amines) is 1. The summed E-state index contributed by atoms with van der Waals surface area (Å²) in [4.78, 5) is 4.85. The molecule has 0 radical (unpaired) electrons. The summed E-state index contributed by atoms with van der Waals surface area (Å²) in [5.74, 6) is 0. The molecule has 0 bridgehead atoms. The van der Waals surface area contributed by atoms with Crippen LogP contribution in [0.25, 0.3) is 0 Å². The second kappa shape index (κ2) is 7.21. The number of aryl methyl sites for hydroxylation is 2. The number of hydrogen-bond acceptors (Lipinski definition) is 3. The van der Waals surface area contributed by atoms with E-state index in [9.17, 15) is 5.11 Å². The molecule has 1 saturated heterocycles. The van der Waals surface area contributed by atoms with Crippen molar-refractivity contribution in [1.29, 1.82) is 0 Å². The average Bonchev–Trinajstić information content (AvgIpc) is 2.38. The third-order valence-electron chi connectivity index (χ3n) is 4.26. The van der Waals surface area contributed by atoms with Crippen molar-refractivity contribution in [2.45, 2.75) is 39.3 Å². The molecule has 0 aliphatic carbocycles. The molecule has 1 N–H and O–H groups in total. The van der Waals surface area contributed by atoms with E-state index in [2.05, 4.69) is 48.9 Å². The summed E-state index contributed by atoms with van der Waals surface area (Å²) in [5, 5.41) is 9.35. The topological polar surface area (TPSA) is 26.7 Å². The molecule has 0 saturated carbocycles. The third-order valence-corrected chi connectivity index (χ3v) is 4.26. The lowest BCUT2D eigenvalue weighted by molar-refractivity contribution is 0.0941. The molecule has 2 rings (SSSR count). The van der Waals surface area contributed by atoms with Crippen LogP contribution in [-0.2, 0) is 6.54 Å². The predicted molar refractivity (Wildman–Crippen MR) is 83.9 cm³/mol. The zero-order chi connectivity index (χ0) is 14.5. The quantitative estimate of drug-likeness (QED) is 0.893. The van der Waals surface area contributed by atoms with Crippen molar-refractivity contribution < 1.29 is 5.11 Å². The van der Waals surface area contributed by atoms with Crippen molar-refractivity contribution in [2.24, 2.45) is 0 Å². The Hall–Kier alpha value is -0.900. The molecule has 0 unspecified atom stereocenters. The van der Waals surface area contributed by atoms with Gasteiger partial charge in [0.1, 0.15) is 0 Å². The van der Waals surface area contributed by atoms with Gasteiger partial charge in [0, 0.05) is 19.1 Å². The van der Waals surface area contributed by atoms with Crippen LogP contribution >= 0.6 is 0 Å². The minimum absolute atomic E-state index is 0.247. The van der Waals surface area contributed by atoms with Crippen LogP contribution in [0.15, 0.2) is 18.2 Å². The van der Waals surface area contributed by atoms with Gasteiger partial charge >= 0.3 is 0 Å². The molecule has 1 aromatic carbocycles. The highest BCUT2D eigenvalue weighted by atomic mass is 16.3. The summed E-state index contributed by atoms with van der Waals surface area (Å²) < 4.78 is 0. The SMILES string of the molecule is Cc1cc(C)cc(CN(CCO)C2CCN(C)CC2)c1. The van der Waals surface area contributed by atoms with Gasteiger partial charge in [-0.05, 0) is 52.4 Å². The molecule has 1 fully saturated rings. The molecule has 1 aliphatic heterocycles. The van der Waals surface area contributed by atoms with Gasteiger partial charge in [-0.15, -0.1) is 0 Å². The maximum atomic E-state index is 9.35. The van der Waals surface area contributed by atoms with E-state index < -0.39 is 0 Å². The van der Waals surface area contributed by atoms with Crippen molar-refractivity contribution in [1.82, 2.24) is 9.80 Å². The standard InChI is InChI=1S/C17H28N2O/c1-14-10-15(2)12-16(11-14)13-19(8-9-20)17-4-6-18(3)7-5-17/h10-12,17,20H,4-9,13H2,1-3H3. The Morgan fingerprint density at radius 3 is 2.30 bits per heavy atom. The van der Waals surface area contributed by atoms with Crippen LogP contribution in [0, 0.1) is 13.8 Å². The van der Waals surface area contributed by atoms with Gasteiger partial charge < -0.3 is 10.0 Å². The Labute approximate surface area is 123 Å². The van der Waals surface area contributed by atoms with Gasteiger partial charge in [0.2, 0.25) is 0 Å². The van der Waals surface area contributed by atoms with Crippen molar-refractivity contribution >= 4 is 0 Å². The molecule has 3 heteroatoms. The van der Waals surface area contributed by atoms with Gasteiger partial charge in [0.25, 0.3) is 0 Å².